The van der Waals surface area contributed by atoms with Gasteiger partial charge in [-0.05, 0) is 74.2 Å². The molecule has 2 aliphatic rings. The van der Waals surface area contributed by atoms with Crippen LogP contribution >= 0.6 is 0 Å². The fourth-order valence-electron chi connectivity index (χ4n) is 4.09. The zero-order valence-corrected chi connectivity index (χ0v) is 16.8. The van der Waals surface area contributed by atoms with Gasteiger partial charge in [0.1, 0.15) is 5.82 Å². The van der Waals surface area contributed by atoms with Crippen LogP contribution in [0.4, 0.5) is 4.39 Å². The first kappa shape index (κ1) is 19.7. The minimum absolute atomic E-state index is 0.0110. The Morgan fingerprint density at radius 1 is 1.14 bits per heavy atom. The molecule has 0 aromatic heterocycles. The fourth-order valence-corrected chi connectivity index (χ4v) is 4.09. The maximum absolute atomic E-state index is 13.3. The number of ether oxygens (including phenoxy) is 2. The molecule has 0 N–H and O–H groups in total. The quantitative estimate of drug-likeness (QED) is 0.746. The average Bonchev–Trinajstić information content (AvgIpc) is 3.20. The molecule has 2 aromatic carbocycles. The van der Waals surface area contributed by atoms with Crippen molar-refractivity contribution in [1.82, 2.24) is 9.80 Å². The van der Waals surface area contributed by atoms with Gasteiger partial charge in [-0.1, -0.05) is 12.1 Å². The minimum Gasteiger partial charge on any atom is -0.454 e. The molecule has 2 heterocycles. The lowest BCUT2D eigenvalue weighted by Gasteiger charge is -2.34. The number of carbonyl (C=O) groups is 1. The van der Waals surface area contributed by atoms with Gasteiger partial charge in [-0.25, -0.2) is 4.39 Å². The van der Waals surface area contributed by atoms with Crippen molar-refractivity contribution in [2.45, 2.75) is 19.3 Å². The Kier molecular flexibility index (Phi) is 6.00. The SMILES string of the molecule is CN(CC1CCN(CCc2cccc(F)c2)CC1)C(=O)c1ccc2c(c1)OCO2. The van der Waals surface area contributed by atoms with Gasteiger partial charge in [-0.3, -0.25) is 4.79 Å². The number of hydrogen-bond acceptors (Lipinski definition) is 4. The molecule has 0 atom stereocenters. The summed E-state index contributed by atoms with van der Waals surface area (Å²) >= 11 is 0. The number of hydrogen-bond donors (Lipinski definition) is 0. The molecule has 0 spiro atoms. The maximum atomic E-state index is 13.3. The number of halogens is 1. The molecular weight excluding hydrogens is 371 g/mol. The summed E-state index contributed by atoms with van der Waals surface area (Å²) in [7, 11) is 1.86. The van der Waals surface area contributed by atoms with Crippen LogP contribution in [0.25, 0.3) is 0 Å². The van der Waals surface area contributed by atoms with Crippen LogP contribution in [-0.2, 0) is 6.42 Å². The van der Waals surface area contributed by atoms with Crippen LogP contribution in [0.15, 0.2) is 42.5 Å². The van der Waals surface area contributed by atoms with E-state index in [1.54, 1.807) is 30.3 Å². The molecule has 1 amide bonds. The van der Waals surface area contributed by atoms with Crippen molar-refractivity contribution in [3.05, 3.63) is 59.4 Å². The first-order chi connectivity index (χ1) is 14.1. The second kappa shape index (κ2) is 8.82. The van der Waals surface area contributed by atoms with Crippen molar-refractivity contribution in [2.24, 2.45) is 5.92 Å². The topological polar surface area (TPSA) is 42.0 Å². The van der Waals surface area contributed by atoms with Crippen LogP contribution in [0.5, 0.6) is 11.5 Å². The summed E-state index contributed by atoms with van der Waals surface area (Å²) in [6, 6.07) is 12.2. The van der Waals surface area contributed by atoms with E-state index in [1.165, 1.54) is 6.07 Å². The van der Waals surface area contributed by atoms with E-state index in [0.29, 0.717) is 23.0 Å². The van der Waals surface area contributed by atoms with Gasteiger partial charge in [0.15, 0.2) is 11.5 Å². The van der Waals surface area contributed by atoms with Crippen molar-refractivity contribution in [2.75, 3.05) is 40.0 Å². The lowest BCUT2D eigenvalue weighted by Crippen LogP contribution is -2.40. The number of piperidine rings is 1. The van der Waals surface area contributed by atoms with Gasteiger partial charge in [0, 0.05) is 25.7 Å². The predicted octanol–water partition coefficient (Wildman–Crippen LogP) is 3.58. The number of likely N-dealkylation sites (tertiary alicyclic amines) is 1. The van der Waals surface area contributed by atoms with E-state index in [1.807, 2.05) is 18.0 Å². The van der Waals surface area contributed by atoms with Gasteiger partial charge in [0.25, 0.3) is 5.91 Å². The lowest BCUT2D eigenvalue weighted by molar-refractivity contribution is 0.0740. The van der Waals surface area contributed by atoms with Crippen molar-refractivity contribution in [3.63, 3.8) is 0 Å². The van der Waals surface area contributed by atoms with Crippen LogP contribution in [0.3, 0.4) is 0 Å². The largest absolute Gasteiger partial charge is 0.454 e. The van der Waals surface area contributed by atoms with E-state index in [-0.39, 0.29) is 18.5 Å². The van der Waals surface area contributed by atoms with Gasteiger partial charge in [0.05, 0.1) is 0 Å². The monoisotopic (exact) mass is 398 g/mol. The Hall–Kier alpha value is -2.60. The molecule has 4 rings (SSSR count). The molecule has 0 saturated carbocycles. The summed E-state index contributed by atoms with van der Waals surface area (Å²) in [5.41, 5.74) is 1.67. The van der Waals surface area contributed by atoms with E-state index >= 15 is 0 Å². The highest BCUT2D eigenvalue weighted by molar-refractivity contribution is 5.94. The van der Waals surface area contributed by atoms with Crippen molar-refractivity contribution in [1.29, 1.82) is 0 Å². The molecule has 5 nitrogen and oxygen atoms in total. The Morgan fingerprint density at radius 2 is 1.93 bits per heavy atom. The zero-order chi connectivity index (χ0) is 20.2. The molecule has 0 radical (unpaired) electrons. The van der Waals surface area contributed by atoms with E-state index in [0.717, 1.165) is 51.0 Å². The molecule has 6 heteroatoms. The molecule has 0 aliphatic carbocycles. The fraction of sp³-hybridized carbons (Fsp3) is 0.435. The Bertz CT molecular complexity index is 865. The maximum Gasteiger partial charge on any atom is 0.253 e. The summed E-state index contributed by atoms with van der Waals surface area (Å²) in [6.07, 6.45) is 3.01. The first-order valence-corrected chi connectivity index (χ1v) is 10.2. The second-order valence-electron chi connectivity index (χ2n) is 7.92. The van der Waals surface area contributed by atoms with Gasteiger partial charge in [-0.15, -0.1) is 0 Å². The van der Waals surface area contributed by atoms with E-state index in [2.05, 4.69) is 4.90 Å². The predicted molar refractivity (Wildman–Crippen MR) is 109 cm³/mol. The number of fused-ring (bicyclic) bond motifs is 1. The highest BCUT2D eigenvalue weighted by Gasteiger charge is 2.23. The molecule has 1 saturated heterocycles. The van der Waals surface area contributed by atoms with E-state index in [9.17, 15) is 9.18 Å². The second-order valence-corrected chi connectivity index (χ2v) is 7.92. The minimum atomic E-state index is -0.170. The molecule has 154 valence electrons. The number of carbonyl (C=O) groups excluding carboxylic acids is 1. The number of benzene rings is 2. The lowest BCUT2D eigenvalue weighted by atomic mass is 9.95. The third-order valence-electron chi connectivity index (χ3n) is 5.81. The number of amides is 1. The highest BCUT2D eigenvalue weighted by atomic mass is 19.1. The first-order valence-electron chi connectivity index (χ1n) is 10.2. The van der Waals surface area contributed by atoms with Gasteiger partial charge >= 0.3 is 0 Å². The summed E-state index contributed by atoms with van der Waals surface area (Å²) in [4.78, 5) is 17.0. The Morgan fingerprint density at radius 3 is 2.72 bits per heavy atom. The van der Waals surface area contributed by atoms with Crippen molar-refractivity contribution < 1.29 is 18.7 Å². The van der Waals surface area contributed by atoms with Crippen molar-refractivity contribution in [3.8, 4) is 11.5 Å². The molecule has 0 bridgehead atoms. The molecule has 2 aromatic rings. The van der Waals surface area contributed by atoms with Gasteiger partial charge < -0.3 is 19.3 Å². The van der Waals surface area contributed by atoms with Gasteiger partial charge in [-0.2, -0.15) is 0 Å². The summed E-state index contributed by atoms with van der Waals surface area (Å²) in [5, 5.41) is 0. The smallest absolute Gasteiger partial charge is 0.253 e. The normalized spacial score (nSPS) is 16.8. The van der Waals surface area contributed by atoms with E-state index < -0.39 is 0 Å². The third kappa shape index (κ3) is 4.88. The van der Waals surface area contributed by atoms with E-state index in [4.69, 9.17) is 9.47 Å². The molecule has 0 unspecified atom stereocenters. The van der Waals surface area contributed by atoms with Crippen LogP contribution in [-0.4, -0.2) is 55.7 Å². The molecule has 29 heavy (non-hydrogen) atoms. The van der Waals surface area contributed by atoms with Crippen LogP contribution in [0, 0.1) is 11.7 Å². The Labute approximate surface area is 171 Å². The third-order valence-corrected chi connectivity index (χ3v) is 5.81. The summed E-state index contributed by atoms with van der Waals surface area (Å²) < 4.78 is 24.0. The average molecular weight is 398 g/mol. The highest BCUT2D eigenvalue weighted by Crippen LogP contribution is 2.33. The zero-order valence-electron chi connectivity index (χ0n) is 16.8. The molecule has 1 fully saturated rings. The van der Waals surface area contributed by atoms with Crippen LogP contribution in [0.2, 0.25) is 0 Å². The van der Waals surface area contributed by atoms with Crippen molar-refractivity contribution >= 4 is 5.91 Å². The van der Waals surface area contributed by atoms with Gasteiger partial charge in [0.2, 0.25) is 6.79 Å². The number of rotatable bonds is 6. The standard InChI is InChI=1S/C23H27FN2O3/c1-25(23(27)19-5-6-21-22(14-19)29-16-28-21)15-18-8-11-26(12-9-18)10-7-17-3-2-4-20(24)13-17/h2-6,13-14,18H,7-12,15-16H2,1H3. The number of nitrogens with zero attached hydrogens (tertiary/aromatic N) is 2. The molecular formula is C23H27FN2O3. The summed E-state index contributed by atoms with van der Waals surface area (Å²) in [6.45, 7) is 3.95. The molecule has 2 aliphatic heterocycles. The summed E-state index contributed by atoms with van der Waals surface area (Å²) in [5.74, 6) is 1.67. The van der Waals surface area contributed by atoms with Crippen LogP contribution in [0.1, 0.15) is 28.8 Å². The Balaban J connectivity index is 1.23. The van der Waals surface area contributed by atoms with Crippen LogP contribution < -0.4 is 9.47 Å².